The van der Waals surface area contributed by atoms with Gasteiger partial charge in [0.1, 0.15) is 11.6 Å². The average Bonchev–Trinajstić information content (AvgIpc) is 3.38. The third-order valence-electron chi connectivity index (χ3n) is 8.58. The Morgan fingerprint density at radius 1 is 1.00 bits per heavy atom. The number of rotatable bonds is 10. The Kier molecular flexibility index (Phi) is 9.44. The van der Waals surface area contributed by atoms with Gasteiger partial charge >= 0.3 is 0 Å². The normalized spacial score (nSPS) is 14.6. The number of imidazole rings is 1. The van der Waals surface area contributed by atoms with Gasteiger partial charge in [-0.2, -0.15) is 0 Å². The van der Waals surface area contributed by atoms with Crippen molar-refractivity contribution in [2.45, 2.75) is 94.5 Å². The van der Waals surface area contributed by atoms with Gasteiger partial charge in [-0.05, 0) is 66.8 Å². The number of carbonyl (C=O) groups is 1. The number of hydrogen-bond donors (Lipinski definition) is 0. The van der Waals surface area contributed by atoms with E-state index in [9.17, 15) is 13.2 Å². The Morgan fingerprint density at radius 3 is 2.36 bits per heavy atom. The lowest BCUT2D eigenvalue weighted by molar-refractivity contribution is -0.129. The fourth-order valence-electron chi connectivity index (χ4n) is 6.11. The summed E-state index contributed by atoms with van der Waals surface area (Å²) in [5.41, 5.74) is 3.11. The van der Waals surface area contributed by atoms with Crippen molar-refractivity contribution < 1.29 is 17.9 Å². The molecule has 234 valence electrons. The highest BCUT2D eigenvalue weighted by molar-refractivity contribution is 7.91. The predicted octanol–water partition coefficient (Wildman–Crippen LogP) is 6.74. The molecule has 1 aliphatic carbocycles. The van der Waals surface area contributed by atoms with Crippen LogP contribution in [0, 0.1) is 5.92 Å². The van der Waals surface area contributed by atoms with Crippen LogP contribution >= 0.6 is 0 Å². The molecular weight excluding hydrogens is 572 g/mol. The van der Waals surface area contributed by atoms with E-state index in [-0.39, 0.29) is 21.1 Å². The standard InChI is InChI=1S/C35H44N4O4S/c1-25(40)38(23-27-11-13-29(43-5)14-12-27)20-18-28-21-31(17-19-36-28)44(41,42)30-15-16-33-32(22-30)37-34(35(2,3)4)39(33)24-26-9-7-6-8-10-26/h11-17,19,21-22,26H,6-10,18,20,23-24H2,1-5H3. The highest BCUT2D eigenvalue weighted by Gasteiger charge is 2.27. The summed E-state index contributed by atoms with van der Waals surface area (Å²) in [6, 6.07) is 16.1. The average molecular weight is 617 g/mol. The number of pyridine rings is 1. The molecule has 0 bridgehead atoms. The van der Waals surface area contributed by atoms with Crippen molar-refractivity contribution >= 4 is 26.8 Å². The molecule has 0 radical (unpaired) electrons. The van der Waals surface area contributed by atoms with Crippen molar-refractivity contribution in [3.05, 3.63) is 77.9 Å². The first-order valence-corrected chi connectivity index (χ1v) is 17.0. The van der Waals surface area contributed by atoms with E-state index < -0.39 is 9.84 Å². The predicted molar refractivity (Wildman–Crippen MR) is 172 cm³/mol. The van der Waals surface area contributed by atoms with Crippen LogP contribution < -0.4 is 4.74 Å². The van der Waals surface area contributed by atoms with Crippen molar-refractivity contribution in [3.8, 4) is 5.75 Å². The van der Waals surface area contributed by atoms with Gasteiger partial charge in [-0.1, -0.05) is 52.2 Å². The molecule has 4 aromatic rings. The summed E-state index contributed by atoms with van der Waals surface area (Å²) >= 11 is 0. The van der Waals surface area contributed by atoms with E-state index in [1.54, 1.807) is 30.2 Å². The number of fused-ring (bicyclic) bond motifs is 1. The van der Waals surface area contributed by atoms with E-state index in [2.05, 4.69) is 30.3 Å². The largest absolute Gasteiger partial charge is 0.497 e. The monoisotopic (exact) mass is 616 g/mol. The Morgan fingerprint density at radius 2 is 1.70 bits per heavy atom. The van der Waals surface area contributed by atoms with Gasteiger partial charge in [0.05, 0.1) is 27.9 Å². The molecule has 2 aromatic carbocycles. The number of methoxy groups -OCH3 is 1. The maximum Gasteiger partial charge on any atom is 0.219 e. The zero-order valence-corrected chi connectivity index (χ0v) is 27.4. The van der Waals surface area contributed by atoms with Gasteiger partial charge in [-0.25, -0.2) is 13.4 Å². The summed E-state index contributed by atoms with van der Waals surface area (Å²) < 4.78 is 35.2. The molecule has 0 atom stereocenters. The van der Waals surface area contributed by atoms with Crippen LogP contribution in [0.4, 0.5) is 0 Å². The molecular formula is C35H44N4O4S. The van der Waals surface area contributed by atoms with E-state index in [4.69, 9.17) is 9.72 Å². The highest BCUT2D eigenvalue weighted by Crippen LogP contribution is 2.33. The zero-order chi connectivity index (χ0) is 31.5. The van der Waals surface area contributed by atoms with E-state index in [1.165, 1.54) is 51.3 Å². The molecule has 2 heterocycles. The topological polar surface area (TPSA) is 94.4 Å². The minimum Gasteiger partial charge on any atom is -0.497 e. The van der Waals surface area contributed by atoms with Crippen molar-refractivity contribution in [3.63, 3.8) is 0 Å². The van der Waals surface area contributed by atoms with Gasteiger partial charge < -0.3 is 14.2 Å². The number of benzene rings is 2. The molecule has 8 nitrogen and oxygen atoms in total. The first-order valence-electron chi connectivity index (χ1n) is 15.5. The Balaban J connectivity index is 1.36. The third kappa shape index (κ3) is 7.15. The molecule has 5 rings (SSSR count). The minimum atomic E-state index is -3.81. The number of nitrogens with zero attached hydrogens (tertiary/aromatic N) is 4. The van der Waals surface area contributed by atoms with Gasteiger partial charge in [0.2, 0.25) is 15.7 Å². The maximum absolute atomic E-state index is 13.8. The number of aromatic nitrogens is 3. The Hall–Kier alpha value is -3.72. The number of ether oxygens (including phenoxy) is 1. The van der Waals surface area contributed by atoms with Crippen LogP contribution in [0.1, 0.15) is 76.9 Å². The minimum absolute atomic E-state index is 0.0598. The van der Waals surface area contributed by atoms with Crippen LogP contribution in [-0.4, -0.2) is 47.4 Å². The first kappa shape index (κ1) is 31.7. The summed E-state index contributed by atoms with van der Waals surface area (Å²) in [5, 5.41) is 0. The highest BCUT2D eigenvalue weighted by atomic mass is 32.2. The second-order valence-electron chi connectivity index (χ2n) is 13.0. The number of amides is 1. The van der Waals surface area contributed by atoms with Gasteiger partial charge in [0.15, 0.2) is 0 Å². The van der Waals surface area contributed by atoms with E-state index in [0.717, 1.165) is 29.2 Å². The zero-order valence-electron chi connectivity index (χ0n) is 26.5. The van der Waals surface area contributed by atoms with Crippen molar-refractivity contribution in [1.82, 2.24) is 19.4 Å². The first-order chi connectivity index (χ1) is 21.0. The molecule has 1 saturated carbocycles. The number of hydrogen-bond acceptors (Lipinski definition) is 6. The van der Waals surface area contributed by atoms with Crippen LogP contribution in [0.15, 0.2) is 70.6 Å². The Labute approximate surface area is 261 Å². The fraction of sp³-hybridized carbons (Fsp3) is 0.457. The molecule has 9 heteroatoms. The fourth-order valence-corrected chi connectivity index (χ4v) is 7.42. The maximum atomic E-state index is 13.8. The lowest BCUT2D eigenvalue weighted by Gasteiger charge is -2.26. The van der Waals surface area contributed by atoms with Gasteiger partial charge in [-0.15, -0.1) is 0 Å². The summed E-state index contributed by atoms with van der Waals surface area (Å²) in [7, 11) is -2.19. The van der Waals surface area contributed by atoms with Crippen LogP contribution in [0.3, 0.4) is 0 Å². The molecule has 0 N–H and O–H groups in total. The molecule has 1 aliphatic rings. The van der Waals surface area contributed by atoms with Crippen LogP contribution in [0.25, 0.3) is 11.0 Å². The van der Waals surface area contributed by atoms with E-state index >= 15 is 0 Å². The third-order valence-corrected chi connectivity index (χ3v) is 10.3. The number of sulfone groups is 1. The lowest BCUT2D eigenvalue weighted by Crippen LogP contribution is -2.30. The van der Waals surface area contributed by atoms with Crippen molar-refractivity contribution in [2.75, 3.05) is 13.7 Å². The quantitative estimate of drug-likeness (QED) is 0.196. The molecule has 0 unspecified atom stereocenters. The van der Waals surface area contributed by atoms with Crippen LogP contribution in [0.2, 0.25) is 0 Å². The molecule has 1 fully saturated rings. The second kappa shape index (κ2) is 13.1. The van der Waals surface area contributed by atoms with Gasteiger partial charge in [-0.3, -0.25) is 9.78 Å². The van der Waals surface area contributed by atoms with Gasteiger partial charge in [0, 0.05) is 50.3 Å². The van der Waals surface area contributed by atoms with Crippen molar-refractivity contribution in [1.29, 1.82) is 0 Å². The van der Waals surface area contributed by atoms with Crippen molar-refractivity contribution in [2.24, 2.45) is 5.92 Å². The summed E-state index contributed by atoms with van der Waals surface area (Å²) in [4.78, 5) is 23.9. The lowest BCUT2D eigenvalue weighted by atomic mass is 9.88. The molecule has 0 aliphatic heterocycles. The SMILES string of the molecule is COc1ccc(CN(CCc2cc(S(=O)(=O)c3ccc4c(c3)nc(C(C)(C)C)n4CC3CCCCC3)ccn2)C(C)=O)cc1. The van der Waals surface area contributed by atoms with Crippen LogP contribution in [0.5, 0.6) is 5.75 Å². The second-order valence-corrected chi connectivity index (χ2v) is 14.9. The summed E-state index contributed by atoms with van der Waals surface area (Å²) in [6.07, 6.45) is 8.26. The van der Waals surface area contributed by atoms with Crippen LogP contribution in [-0.2, 0) is 39.6 Å². The molecule has 0 spiro atoms. The summed E-state index contributed by atoms with van der Waals surface area (Å²) in [5.74, 6) is 2.31. The van der Waals surface area contributed by atoms with Gasteiger partial charge in [0.25, 0.3) is 0 Å². The van der Waals surface area contributed by atoms with E-state index in [1.807, 2.05) is 30.3 Å². The summed E-state index contributed by atoms with van der Waals surface area (Å²) in [6.45, 7) is 9.79. The molecule has 44 heavy (non-hydrogen) atoms. The number of carbonyl (C=O) groups excluding carboxylic acids is 1. The molecule has 0 saturated heterocycles. The molecule has 2 aromatic heterocycles. The molecule has 1 amide bonds. The van der Waals surface area contributed by atoms with E-state index in [0.29, 0.717) is 36.6 Å². The smallest absolute Gasteiger partial charge is 0.219 e. The Bertz CT molecular complexity index is 1720.